The molecule has 3 heteroatoms. The normalized spacial score (nSPS) is 11.5. The Morgan fingerprint density at radius 2 is 0.732 bits per heavy atom. The Hall–Kier alpha value is -4.49. The Morgan fingerprint density at radius 3 is 1.24 bits per heavy atom. The summed E-state index contributed by atoms with van der Waals surface area (Å²) in [4.78, 5) is 0. The van der Waals surface area contributed by atoms with Crippen LogP contribution in [0.25, 0.3) is 65.7 Å². The molecule has 7 aromatic rings. The summed E-state index contributed by atoms with van der Waals surface area (Å²) in [7, 11) is 6.87. The van der Waals surface area contributed by atoms with E-state index in [1.807, 2.05) is 0 Å². The maximum absolute atomic E-state index is 2.34. The molecule has 0 N–H and O–H groups in total. The highest BCUT2D eigenvalue weighted by molar-refractivity contribution is 6.51. The molecule has 0 heterocycles. The number of fused-ring (bicyclic) bond motifs is 3. The Bertz CT molecular complexity index is 2060. The minimum Gasteiger partial charge on any atom is -0.0843 e. The molecule has 192 valence electrons. The average molecular weight is 520 g/mol. The molecule has 0 aromatic heterocycles. The van der Waals surface area contributed by atoms with Crippen molar-refractivity contribution >= 4 is 72.2 Å². The first-order valence-electron chi connectivity index (χ1n) is 14.6. The largest absolute Gasteiger partial charge is 0.140 e. The Balaban J connectivity index is 1.64. The standard InChI is InChI=1S/C38H31B3/c1-22-36(39)23(2)38(41)35(37(22)40)34-30-18-10-8-16-28(30)33(29-17-9-11-19-31(29)34)32-21-20-25(24-12-4-3-5-13-24)26-14-6-7-15-27(26)32/h3-21H,39-41H2,1-2H3. The molecule has 0 radical (unpaired) electrons. The van der Waals surface area contributed by atoms with Gasteiger partial charge in [0.2, 0.25) is 0 Å². The van der Waals surface area contributed by atoms with Crippen LogP contribution in [0.5, 0.6) is 0 Å². The van der Waals surface area contributed by atoms with E-state index in [2.05, 4.69) is 153 Å². The van der Waals surface area contributed by atoms with Crippen LogP contribution in [-0.4, -0.2) is 23.5 Å². The summed E-state index contributed by atoms with van der Waals surface area (Å²) < 4.78 is 0. The minimum absolute atomic E-state index is 1.25. The maximum Gasteiger partial charge on any atom is 0.140 e. The molecule has 0 unspecified atom stereocenters. The summed E-state index contributed by atoms with van der Waals surface area (Å²) in [5.41, 5.74) is 14.8. The smallest absolute Gasteiger partial charge is 0.0843 e. The molecule has 0 spiro atoms. The summed E-state index contributed by atoms with van der Waals surface area (Å²) in [6, 6.07) is 42.3. The van der Waals surface area contributed by atoms with E-state index in [0.717, 1.165) is 0 Å². The molecule has 0 saturated heterocycles. The maximum atomic E-state index is 2.34. The van der Waals surface area contributed by atoms with Crippen LogP contribution in [0.4, 0.5) is 0 Å². The van der Waals surface area contributed by atoms with E-state index in [1.165, 1.54) is 93.2 Å². The monoisotopic (exact) mass is 520 g/mol. The first kappa shape index (κ1) is 25.5. The highest BCUT2D eigenvalue weighted by Gasteiger charge is 2.22. The van der Waals surface area contributed by atoms with Crippen LogP contribution in [0.1, 0.15) is 11.1 Å². The molecule has 0 nitrogen and oxygen atoms in total. The molecule has 0 aliphatic heterocycles. The van der Waals surface area contributed by atoms with Gasteiger partial charge >= 0.3 is 0 Å². The van der Waals surface area contributed by atoms with Gasteiger partial charge in [0.05, 0.1) is 0 Å². The second kappa shape index (κ2) is 9.86. The van der Waals surface area contributed by atoms with Crippen LogP contribution in [-0.2, 0) is 0 Å². The quantitative estimate of drug-likeness (QED) is 0.212. The number of hydrogen-bond acceptors (Lipinski definition) is 0. The van der Waals surface area contributed by atoms with Crippen molar-refractivity contribution < 1.29 is 0 Å². The van der Waals surface area contributed by atoms with Crippen molar-refractivity contribution in [2.24, 2.45) is 0 Å². The summed E-state index contributed by atoms with van der Waals surface area (Å²) >= 11 is 0. The van der Waals surface area contributed by atoms with Gasteiger partial charge in [-0.05, 0) is 79.5 Å². The number of benzene rings is 7. The van der Waals surface area contributed by atoms with Gasteiger partial charge in [-0.2, -0.15) is 0 Å². The molecule has 7 rings (SSSR count). The molecule has 7 aromatic carbocycles. The fourth-order valence-electron chi connectivity index (χ4n) is 6.95. The second-order valence-electron chi connectivity index (χ2n) is 11.4. The highest BCUT2D eigenvalue weighted by atomic mass is 14.2. The van der Waals surface area contributed by atoms with Crippen molar-refractivity contribution in [1.82, 2.24) is 0 Å². The number of rotatable bonds is 3. The SMILES string of the molecule is Bc1c(C)c(B)c(-c2c3ccccc3c(-c3ccc(-c4ccccc4)c4ccccc34)c3ccccc23)c(B)c1C. The van der Waals surface area contributed by atoms with Gasteiger partial charge in [-0.15, -0.1) is 0 Å². The first-order chi connectivity index (χ1) is 20.0. The van der Waals surface area contributed by atoms with Crippen molar-refractivity contribution in [2.45, 2.75) is 13.8 Å². The zero-order chi connectivity index (χ0) is 28.2. The molecular formula is C38H31B3. The highest BCUT2D eigenvalue weighted by Crippen LogP contribution is 2.45. The van der Waals surface area contributed by atoms with Crippen molar-refractivity contribution in [3.63, 3.8) is 0 Å². The van der Waals surface area contributed by atoms with Crippen molar-refractivity contribution in [3.8, 4) is 33.4 Å². The van der Waals surface area contributed by atoms with Gasteiger partial charge in [-0.3, -0.25) is 0 Å². The topological polar surface area (TPSA) is 0 Å². The van der Waals surface area contributed by atoms with E-state index >= 15 is 0 Å². The van der Waals surface area contributed by atoms with E-state index < -0.39 is 0 Å². The van der Waals surface area contributed by atoms with Crippen LogP contribution < -0.4 is 16.4 Å². The summed E-state index contributed by atoms with van der Waals surface area (Å²) in [5, 5.41) is 7.79. The lowest BCUT2D eigenvalue weighted by atomic mass is 9.67. The molecule has 0 bridgehead atoms. The first-order valence-corrected chi connectivity index (χ1v) is 14.6. The number of hydrogen-bond donors (Lipinski definition) is 0. The minimum atomic E-state index is 1.25. The van der Waals surface area contributed by atoms with Gasteiger partial charge in [0, 0.05) is 0 Å². The van der Waals surface area contributed by atoms with E-state index in [1.54, 1.807) is 0 Å². The molecule has 0 aliphatic carbocycles. The zero-order valence-corrected chi connectivity index (χ0v) is 24.5. The van der Waals surface area contributed by atoms with Crippen molar-refractivity contribution in [2.75, 3.05) is 0 Å². The predicted molar refractivity (Wildman–Crippen MR) is 189 cm³/mol. The molecule has 0 saturated carbocycles. The average Bonchev–Trinajstić information content (AvgIpc) is 3.02. The molecule has 0 atom stereocenters. The molecule has 0 aliphatic rings. The van der Waals surface area contributed by atoms with Gasteiger partial charge < -0.3 is 0 Å². The van der Waals surface area contributed by atoms with E-state index in [-0.39, 0.29) is 0 Å². The molecular weight excluding hydrogens is 489 g/mol. The van der Waals surface area contributed by atoms with E-state index in [4.69, 9.17) is 0 Å². The third kappa shape index (κ3) is 3.87. The van der Waals surface area contributed by atoms with Gasteiger partial charge in [-0.1, -0.05) is 143 Å². The summed E-state index contributed by atoms with van der Waals surface area (Å²) in [6.07, 6.45) is 0. The lowest BCUT2D eigenvalue weighted by molar-refractivity contribution is 1.49. The Kier molecular flexibility index (Phi) is 6.13. The summed E-state index contributed by atoms with van der Waals surface area (Å²) in [6.45, 7) is 4.56. The third-order valence-electron chi connectivity index (χ3n) is 9.46. The lowest BCUT2D eigenvalue weighted by Crippen LogP contribution is -2.34. The fraction of sp³-hybridized carbons (Fsp3) is 0.0526. The molecule has 41 heavy (non-hydrogen) atoms. The Labute approximate surface area is 245 Å². The van der Waals surface area contributed by atoms with Crippen LogP contribution in [0.15, 0.2) is 115 Å². The van der Waals surface area contributed by atoms with Gasteiger partial charge in [-0.25, -0.2) is 0 Å². The zero-order valence-electron chi connectivity index (χ0n) is 24.5. The van der Waals surface area contributed by atoms with E-state index in [9.17, 15) is 0 Å². The second-order valence-corrected chi connectivity index (χ2v) is 11.4. The van der Waals surface area contributed by atoms with Gasteiger partial charge in [0.1, 0.15) is 23.5 Å². The Morgan fingerprint density at radius 1 is 0.341 bits per heavy atom. The van der Waals surface area contributed by atoms with Crippen LogP contribution in [0.3, 0.4) is 0 Å². The predicted octanol–water partition coefficient (Wildman–Crippen LogP) is 5.54. The molecule has 0 amide bonds. The van der Waals surface area contributed by atoms with Gasteiger partial charge in [0.15, 0.2) is 0 Å². The van der Waals surface area contributed by atoms with Gasteiger partial charge in [0.25, 0.3) is 0 Å². The fourth-order valence-corrected chi connectivity index (χ4v) is 6.95. The summed E-state index contributed by atoms with van der Waals surface area (Å²) in [5.74, 6) is 0. The third-order valence-corrected chi connectivity index (χ3v) is 9.46. The van der Waals surface area contributed by atoms with Crippen LogP contribution >= 0.6 is 0 Å². The van der Waals surface area contributed by atoms with Crippen LogP contribution in [0.2, 0.25) is 0 Å². The van der Waals surface area contributed by atoms with Crippen LogP contribution in [0, 0.1) is 13.8 Å². The lowest BCUT2D eigenvalue weighted by Gasteiger charge is -2.24. The van der Waals surface area contributed by atoms with E-state index in [0.29, 0.717) is 0 Å². The van der Waals surface area contributed by atoms with Crippen molar-refractivity contribution in [1.29, 1.82) is 0 Å². The van der Waals surface area contributed by atoms with Crippen molar-refractivity contribution in [3.05, 3.63) is 126 Å². The molecule has 0 fully saturated rings.